The third-order valence-corrected chi connectivity index (χ3v) is 5.14. The summed E-state index contributed by atoms with van der Waals surface area (Å²) in [7, 11) is 0. The molecule has 2 fully saturated rings. The minimum Gasteiger partial charge on any atom is -0.342 e. The Morgan fingerprint density at radius 2 is 1.50 bits per heavy atom. The Morgan fingerprint density at radius 3 is 2.08 bits per heavy atom. The normalized spacial score (nSPS) is 19.8. The number of hydrogen-bond acceptors (Lipinski definition) is 3. The van der Waals surface area contributed by atoms with Gasteiger partial charge in [-0.3, -0.25) is 9.59 Å². The third-order valence-electron chi connectivity index (χ3n) is 5.14. The molecule has 5 nitrogen and oxygen atoms in total. The average Bonchev–Trinajstić information content (AvgIpc) is 2.68. The summed E-state index contributed by atoms with van der Waals surface area (Å²) in [5.41, 5.74) is 0.709. The largest absolute Gasteiger partial charge is 0.342 e. The molecule has 0 N–H and O–H groups in total. The monoisotopic (exact) mass is 325 g/mol. The van der Waals surface area contributed by atoms with E-state index in [0.717, 1.165) is 25.7 Å². The molecule has 2 heterocycles. The van der Waals surface area contributed by atoms with E-state index >= 15 is 0 Å². The molecule has 0 spiro atoms. The van der Waals surface area contributed by atoms with Crippen LogP contribution in [0.3, 0.4) is 0 Å². The Labute approximate surface area is 142 Å². The first-order valence-corrected chi connectivity index (χ1v) is 8.72. The number of likely N-dealkylation sites (tertiary alicyclic amines) is 2. The first-order valence-electron chi connectivity index (χ1n) is 8.72. The summed E-state index contributed by atoms with van der Waals surface area (Å²) >= 11 is 0. The van der Waals surface area contributed by atoms with Crippen molar-refractivity contribution >= 4 is 11.8 Å². The zero-order valence-corrected chi connectivity index (χ0v) is 13.9. The second kappa shape index (κ2) is 7.48. The Balaban J connectivity index is 1.51. The summed E-state index contributed by atoms with van der Waals surface area (Å²) in [5, 5.41) is 8.95. The molecule has 2 amide bonds. The van der Waals surface area contributed by atoms with Gasteiger partial charge in [-0.25, -0.2) is 0 Å². The molecule has 2 aliphatic heterocycles. The van der Waals surface area contributed by atoms with Gasteiger partial charge in [0.2, 0.25) is 5.91 Å². The van der Waals surface area contributed by atoms with Crippen LogP contribution >= 0.6 is 0 Å². The van der Waals surface area contributed by atoms with E-state index in [2.05, 4.69) is 6.07 Å². The lowest BCUT2D eigenvalue weighted by Crippen LogP contribution is -2.46. The molecule has 126 valence electrons. The van der Waals surface area contributed by atoms with Crippen molar-refractivity contribution in [3.8, 4) is 6.07 Å². The first-order chi connectivity index (χ1) is 11.7. The second-order valence-electron chi connectivity index (χ2n) is 6.66. The lowest BCUT2D eigenvalue weighted by Gasteiger charge is -2.36. The fourth-order valence-corrected chi connectivity index (χ4v) is 3.58. The molecule has 5 heteroatoms. The van der Waals surface area contributed by atoms with E-state index in [-0.39, 0.29) is 23.7 Å². The summed E-state index contributed by atoms with van der Waals surface area (Å²) in [5.74, 6) is 0.373. The number of carbonyl (C=O) groups excluding carboxylic acids is 2. The predicted molar refractivity (Wildman–Crippen MR) is 90.0 cm³/mol. The lowest BCUT2D eigenvalue weighted by molar-refractivity contribution is -0.138. The highest BCUT2D eigenvalue weighted by molar-refractivity contribution is 5.94. The van der Waals surface area contributed by atoms with Gasteiger partial charge in [0.15, 0.2) is 0 Å². The van der Waals surface area contributed by atoms with Crippen molar-refractivity contribution in [1.29, 1.82) is 5.26 Å². The maximum Gasteiger partial charge on any atom is 0.253 e. The molecule has 2 saturated heterocycles. The number of nitriles is 1. The Hall–Kier alpha value is -2.35. The number of amides is 2. The van der Waals surface area contributed by atoms with Crippen molar-refractivity contribution in [2.75, 3.05) is 26.2 Å². The maximum atomic E-state index is 12.6. The predicted octanol–water partition coefficient (Wildman–Crippen LogP) is 2.30. The number of rotatable bonds is 2. The Kier molecular flexibility index (Phi) is 5.14. The average molecular weight is 325 g/mol. The van der Waals surface area contributed by atoms with Crippen LogP contribution in [-0.2, 0) is 4.79 Å². The van der Waals surface area contributed by atoms with E-state index in [1.807, 2.05) is 40.1 Å². The summed E-state index contributed by atoms with van der Waals surface area (Å²) in [4.78, 5) is 28.8. The van der Waals surface area contributed by atoms with Crippen LogP contribution in [0.25, 0.3) is 0 Å². The van der Waals surface area contributed by atoms with Crippen LogP contribution in [0, 0.1) is 23.2 Å². The van der Waals surface area contributed by atoms with Crippen molar-refractivity contribution < 1.29 is 9.59 Å². The molecular weight excluding hydrogens is 302 g/mol. The van der Waals surface area contributed by atoms with E-state index in [0.29, 0.717) is 31.7 Å². The number of nitrogens with zero attached hydrogens (tertiary/aromatic N) is 3. The van der Waals surface area contributed by atoms with Crippen LogP contribution in [0.2, 0.25) is 0 Å². The van der Waals surface area contributed by atoms with Gasteiger partial charge >= 0.3 is 0 Å². The molecule has 0 unspecified atom stereocenters. The van der Waals surface area contributed by atoms with Gasteiger partial charge in [0.05, 0.1) is 6.07 Å². The van der Waals surface area contributed by atoms with Crippen LogP contribution in [0.1, 0.15) is 36.0 Å². The van der Waals surface area contributed by atoms with Crippen LogP contribution in [0.4, 0.5) is 0 Å². The van der Waals surface area contributed by atoms with Crippen LogP contribution < -0.4 is 0 Å². The number of carbonyl (C=O) groups is 2. The highest BCUT2D eigenvalue weighted by Gasteiger charge is 2.32. The fraction of sp³-hybridized carbons (Fsp3) is 0.526. The van der Waals surface area contributed by atoms with Gasteiger partial charge in [-0.15, -0.1) is 0 Å². The summed E-state index contributed by atoms with van der Waals surface area (Å²) in [6.45, 7) is 2.66. The highest BCUT2D eigenvalue weighted by atomic mass is 16.2. The second-order valence-corrected chi connectivity index (χ2v) is 6.66. The quantitative estimate of drug-likeness (QED) is 0.838. The molecule has 0 radical (unpaired) electrons. The van der Waals surface area contributed by atoms with E-state index in [9.17, 15) is 9.59 Å². The molecule has 0 bridgehead atoms. The van der Waals surface area contributed by atoms with Gasteiger partial charge in [0.25, 0.3) is 5.91 Å². The van der Waals surface area contributed by atoms with Crippen LogP contribution in [0.15, 0.2) is 30.3 Å². The van der Waals surface area contributed by atoms with E-state index < -0.39 is 0 Å². The van der Waals surface area contributed by atoms with Gasteiger partial charge in [-0.05, 0) is 37.8 Å². The molecule has 0 saturated carbocycles. The zero-order valence-electron chi connectivity index (χ0n) is 13.9. The summed E-state index contributed by atoms with van der Waals surface area (Å²) in [6.07, 6.45) is 3.03. The Bertz CT molecular complexity index is 622. The molecule has 24 heavy (non-hydrogen) atoms. The minimum absolute atomic E-state index is 0.0171. The van der Waals surface area contributed by atoms with E-state index in [1.165, 1.54) is 0 Å². The van der Waals surface area contributed by atoms with Gasteiger partial charge in [0.1, 0.15) is 0 Å². The maximum absolute atomic E-state index is 12.6. The van der Waals surface area contributed by atoms with Crippen molar-refractivity contribution in [2.24, 2.45) is 11.8 Å². The molecule has 1 aromatic rings. The number of piperidine rings is 2. The number of hydrogen-bond donors (Lipinski definition) is 0. The van der Waals surface area contributed by atoms with Crippen molar-refractivity contribution in [3.05, 3.63) is 35.9 Å². The van der Waals surface area contributed by atoms with Gasteiger partial charge in [-0.2, -0.15) is 5.26 Å². The molecular formula is C19H23N3O2. The molecule has 3 rings (SSSR count). The molecule has 0 aromatic heterocycles. The van der Waals surface area contributed by atoms with Crippen molar-refractivity contribution in [3.63, 3.8) is 0 Å². The molecule has 1 aromatic carbocycles. The molecule has 0 atom stereocenters. The van der Waals surface area contributed by atoms with Crippen LogP contribution in [0.5, 0.6) is 0 Å². The van der Waals surface area contributed by atoms with E-state index in [1.54, 1.807) is 0 Å². The van der Waals surface area contributed by atoms with Gasteiger partial charge in [0, 0.05) is 43.6 Å². The fourth-order valence-electron chi connectivity index (χ4n) is 3.58. The topological polar surface area (TPSA) is 64.4 Å². The molecule has 2 aliphatic rings. The third kappa shape index (κ3) is 3.59. The summed E-state index contributed by atoms with van der Waals surface area (Å²) < 4.78 is 0. The Morgan fingerprint density at radius 1 is 0.917 bits per heavy atom. The van der Waals surface area contributed by atoms with Gasteiger partial charge in [-0.1, -0.05) is 18.2 Å². The standard InChI is InChI=1S/C19H23N3O2/c20-14-15-6-10-21(11-7-15)19(24)17-8-12-22(13-9-17)18(23)16-4-2-1-3-5-16/h1-5,15,17H,6-13H2. The molecule has 0 aliphatic carbocycles. The first kappa shape index (κ1) is 16.5. The summed E-state index contributed by atoms with van der Waals surface area (Å²) in [6, 6.07) is 11.6. The minimum atomic E-state index is 0.0171. The zero-order chi connectivity index (χ0) is 16.9. The van der Waals surface area contributed by atoms with Crippen molar-refractivity contribution in [1.82, 2.24) is 9.80 Å². The SMILES string of the molecule is N#CC1CCN(C(=O)C2CCN(C(=O)c3ccccc3)CC2)CC1. The van der Waals surface area contributed by atoms with Crippen molar-refractivity contribution in [2.45, 2.75) is 25.7 Å². The smallest absolute Gasteiger partial charge is 0.253 e. The lowest BCUT2D eigenvalue weighted by atomic mass is 9.92. The highest BCUT2D eigenvalue weighted by Crippen LogP contribution is 2.24. The number of benzene rings is 1. The van der Waals surface area contributed by atoms with Gasteiger partial charge < -0.3 is 9.80 Å². The van der Waals surface area contributed by atoms with E-state index in [4.69, 9.17) is 5.26 Å². The van der Waals surface area contributed by atoms with Crippen LogP contribution in [-0.4, -0.2) is 47.8 Å².